The number of hydrogen-bond donors (Lipinski definition) is 1. The molecule has 0 spiro atoms. The molecule has 21 heavy (non-hydrogen) atoms. The van der Waals surface area contributed by atoms with Gasteiger partial charge < -0.3 is 5.11 Å². The summed E-state index contributed by atoms with van der Waals surface area (Å²) in [6.45, 7) is 8.88. The van der Waals surface area contributed by atoms with Gasteiger partial charge in [0.25, 0.3) is 0 Å². The van der Waals surface area contributed by atoms with Crippen LogP contribution in [0.5, 0.6) is 0 Å². The fraction of sp³-hybridized carbons (Fsp3) is 0.444. The van der Waals surface area contributed by atoms with Crippen LogP contribution in [0.15, 0.2) is 41.8 Å². The van der Waals surface area contributed by atoms with Crippen LogP contribution < -0.4 is 0 Å². The Bertz CT molecular complexity index is 535. The smallest absolute Gasteiger partial charge is 0.0639 e. The average molecular weight is 303 g/mol. The van der Waals surface area contributed by atoms with E-state index in [1.807, 2.05) is 6.92 Å². The lowest BCUT2D eigenvalue weighted by Gasteiger charge is -2.27. The third kappa shape index (κ3) is 4.95. The molecule has 0 aliphatic heterocycles. The molecule has 1 aromatic carbocycles. The minimum absolute atomic E-state index is 0.298. The average Bonchev–Trinajstić information content (AvgIpc) is 2.84. The van der Waals surface area contributed by atoms with Gasteiger partial charge >= 0.3 is 0 Å². The van der Waals surface area contributed by atoms with Crippen molar-refractivity contribution in [3.8, 4) is 0 Å². The Kier molecular flexibility index (Phi) is 5.97. The first kappa shape index (κ1) is 16.2. The highest BCUT2D eigenvalue weighted by Crippen LogP contribution is 2.21. The maximum Gasteiger partial charge on any atom is 0.0639 e. The highest BCUT2D eigenvalue weighted by molar-refractivity contribution is 7.10. The van der Waals surface area contributed by atoms with Gasteiger partial charge in [0.15, 0.2) is 0 Å². The zero-order chi connectivity index (χ0) is 15.2. The second kappa shape index (κ2) is 7.74. The molecular weight excluding hydrogens is 278 g/mol. The maximum absolute atomic E-state index is 9.77. The van der Waals surface area contributed by atoms with Gasteiger partial charge in [-0.1, -0.05) is 37.3 Å². The van der Waals surface area contributed by atoms with Crippen molar-refractivity contribution in [3.05, 3.63) is 57.8 Å². The van der Waals surface area contributed by atoms with Crippen molar-refractivity contribution in [2.45, 2.75) is 39.3 Å². The molecule has 1 heterocycles. The van der Waals surface area contributed by atoms with Gasteiger partial charge in [0, 0.05) is 24.5 Å². The third-order valence-corrected chi connectivity index (χ3v) is 4.77. The molecule has 2 atom stereocenters. The molecule has 0 amide bonds. The van der Waals surface area contributed by atoms with E-state index in [9.17, 15) is 5.11 Å². The molecule has 0 aliphatic rings. The van der Waals surface area contributed by atoms with E-state index >= 15 is 0 Å². The molecule has 114 valence electrons. The Hall–Kier alpha value is -1.16. The summed E-state index contributed by atoms with van der Waals surface area (Å²) in [5, 5.41) is 11.9. The quantitative estimate of drug-likeness (QED) is 0.834. The van der Waals surface area contributed by atoms with E-state index in [4.69, 9.17) is 0 Å². The summed E-state index contributed by atoms with van der Waals surface area (Å²) in [6.07, 6.45) is -0.298. The zero-order valence-electron chi connectivity index (χ0n) is 13.1. The van der Waals surface area contributed by atoms with Crippen molar-refractivity contribution in [1.82, 2.24) is 4.90 Å². The van der Waals surface area contributed by atoms with E-state index in [1.165, 1.54) is 16.0 Å². The van der Waals surface area contributed by atoms with E-state index in [0.29, 0.717) is 12.5 Å². The van der Waals surface area contributed by atoms with Crippen LogP contribution in [0.3, 0.4) is 0 Å². The Balaban J connectivity index is 2.04. The largest absolute Gasteiger partial charge is 0.392 e. The van der Waals surface area contributed by atoms with Gasteiger partial charge in [0.1, 0.15) is 0 Å². The molecule has 2 aromatic rings. The van der Waals surface area contributed by atoms with E-state index in [1.54, 1.807) is 11.3 Å². The van der Waals surface area contributed by atoms with E-state index in [0.717, 1.165) is 13.1 Å². The molecule has 0 bridgehead atoms. The third-order valence-electron chi connectivity index (χ3n) is 3.76. The van der Waals surface area contributed by atoms with Crippen LogP contribution in [0.25, 0.3) is 0 Å². The van der Waals surface area contributed by atoms with Crippen molar-refractivity contribution in [2.75, 3.05) is 13.1 Å². The predicted octanol–water partition coefficient (Wildman–Crippen LogP) is 4.04. The Labute approximate surface area is 132 Å². The number of rotatable bonds is 7. The number of aryl methyl sites for hydroxylation is 1. The second-order valence-corrected chi connectivity index (χ2v) is 6.88. The topological polar surface area (TPSA) is 23.5 Å². The van der Waals surface area contributed by atoms with Crippen molar-refractivity contribution in [1.29, 1.82) is 0 Å². The SMILES string of the molecule is Cc1ccsc1CN(CC(C)O)CC(C)c1ccccc1. The molecular formula is C18H25NOS. The highest BCUT2D eigenvalue weighted by atomic mass is 32.1. The summed E-state index contributed by atoms with van der Waals surface area (Å²) in [7, 11) is 0. The lowest BCUT2D eigenvalue weighted by Crippen LogP contribution is -2.33. The van der Waals surface area contributed by atoms with Gasteiger partial charge in [-0.15, -0.1) is 11.3 Å². The molecule has 0 fully saturated rings. The molecule has 2 rings (SSSR count). The van der Waals surface area contributed by atoms with Crippen LogP contribution in [0.2, 0.25) is 0 Å². The zero-order valence-corrected chi connectivity index (χ0v) is 13.9. The van der Waals surface area contributed by atoms with Crippen LogP contribution in [0.4, 0.5) is 0 Å². The first-order chi connectivity index (χ1) is 10.1. The summed E-state index contributed by atoms with van der Waals surface area (Å²) >= 11 is 1.80. The van der Waals surface area contributed by atoms with E-state index < -0.39 is 0 Å². The molecule has 0 radical (unpaired) electrons. The summed E-state index contributed by atoms with van der Waals surface area (Å²) in [5.41, 5.74) is 2.71. The lowest BCUT2D eigenvalue weighted by atomic mass is 10.0. The van der Waals surface area contributed by atoms with Gasteiger partial charge in [0.05, 0.1) is 6.10 Å². The molecule has 2 nitrogen and oxygen atoms in total. The minimum Gasteiger partial charge on any atom is -0.392 e. The first-order valence-electron chi connectivity index (χ1n) is 7.54. The molecule has 0 saturated heterocycles. The molecule has 1 N–H and O–H groups in total. The maximum atomic E-state index is 9.77. The van der Waals surface area contributed by atoms with Gasteiger partial charge in [-0.2, -0.15) is 0 Å². The predicted molar refractivity (Wildman–Crippen MR) is 90.9 cm³/mol. The number of thiophene rings is 1. The van der Waals surface area contributed by atoms with Gasteiger partial charge in [-0.25, -0.2) is 0 Å². The molecule has 0 saturated carbocycles. The van der Waals surface area contributed by atoms with Crippen LogP contribution in [0.1, 0.15) is 35.8 Å². The van der Waals surface area contributed by atoms with Crippen LogP contribution in [-0.2, 0) is 6.54 Å². The number of benzene rings is 1. The highest BCUT2D eigenvalue weighted by Gasteiger charge is 2.15. The fourth-order valence-corrected chi connectivity index (χ4v) is 3.57. The number of aliphatic hydroxyl groups is 1. The van der Waals surface area contributed by atoms with Gasteiger partial charge in [0.2, 0.25) is 0 Å². The Morgan fingerprint density at radius 1 is 1.10 bits per heavy atom. The molecule has 0 aliphatic carbocycles. The van der Waals surface area contributed by atoms with E-state index in [-0.39, 0.29) is 6.10 Å². The minimum atomic E-state index is -0.298. The number of nitrogens with zero attached hydrogens (tertiary/aromatic N) is 1. The second-order valence-electron chi connectivity index (χ2n) is 5.88. The van der Waals surface area contributed by atoms with Crippen molar-refractivity contribution in [2.24, 2.45) is 0 Å². The molecule has 1 aromatic heterocycles. The standard InChI is InChI=1S/C18H25NOS/c1-14-9-10-21-18(14)13-19(12-16(3)20)11-15(2)17-7-5-4-6-8-17/h4-10,15-16,20H,11-13H2,1-3H3. The van der Waals surface area contributed by atoms with Gasteiger partial charge in [-0.3, -0.25) is 4.90 Å². The van der Waals surface area contributed by atoms with Crippen LogP contribution in [-0.4, -0.2) is 29.2 Å². The number of aliphatic hydroxyl groups excluding tert-OH is 1. The Morgan fingerprint density at radius 2 is 1.81 bits per heavy atom. The van der Waals surface area contributed by atoms with E-state index in [2.05, 4.69) is 60.5 Å². The van der Waals surface area contributed by atoms with Crippen molar-refractivity contribution >= 4 is 11.3 Å². The van der Waals surface area contributed by atoms with Crippen molar-refractivity contribution < 1.29 is 5.11 Å². The molecule has 3 heteroatoms. The van der Waals surface area contributed by atoms with Crippen molar-refractivity contribution in [3.63, 3.8) is 0 Å². The summed E-state index contributed by atoms with van der Waals surface area (Å²) in [4.78, 5) is 3.76. The summed E-state index contributed by atoms with van der Waals surface area (Å²) in [5.74, 6) is 0.463. The Morgan fingerprint density at radius 3 is 2.38 bits per heavy atom. The fourth-order valence-electron chi connectivity index (χ4n) is 2.62. The van der Waals surface area contributed by atoms with Crippen LogP contribution in [0, 0.1) is 6.92 Å². The van der Waals surface area contributed by atoms with Gasteiger partial charge in [-0.05, 0) is 42.3 Å². The number of hydrogen-bond acceptors (Lipinski definition) is 3. The monoisotopic (exact) mass is 303 g/mol. The lowest BCUT2D eigenvalue weighted by molar-refractivity contribution is 0.119. The van der Waals surface area contributed by atoms with Crippen LogP contribution >= 0.6 is 11.3 Å². The summed E-state index contributed by atoms with van der Waals surface area (Å²) < 4.78 is 0. The summed E-state index contributed by atoms with van der Waals surface area (Å²) in [6, 6.07) is 12.8. The molecule has 2 unspecified atom stereocenters. The normalized spacial score (nSPS) is 14.3. The first-order valence-corrected chi connectivity index (χ1v) is 8.42.